The molecule has 2 N–H and O–H groups in total. The van der Waals surface area contributed by atoms with Gasteiger partial charge in [-0.3, -0.25) is 10.1 Å². The van der Waals surface area contributed by atoms with Crippen LogP contribution >= 0.6 is 0 Å². The lowest BCUT2D eigenvalue weighted by Crippen LogP contribution is -2.22. The van der Waals surface area contributed by atoms with E-state index in [4.69, 9.17) is 9.47 Å². The van der Waals surface area contributed by atoms with Crippen LogP contribution < -0.4 is 20.1 Å². The summed E-state index contributed by atoms with van der Waals surface area (Å²) in [6, 6.07) is 2.12. The molecule has 0 radical (unpaired) electrons. The number of ether oxygens (including phenoxy) is 2. The summed E-state index contributed by atoms with van der Waals surface area (Å²) >= 11 is 0. The molecule has 2 rings (SSSR count). The Bertz CT molecular complexity index is 613. The van der Waals surface area contributed by atoms with Gasteiger partial charge >= 0.3 is 6.03 Å². The minimum atomic E-state index is -0.610. The fourth-order valence-electron chi connectivity index (χ4n) is 1.82. The first-order valence-electron chi connectivity index (χ1n) is 6.39. The molecule has 0 bridgehead atoms. The molecule has 3 amide bonds. The molecule has 0 atom stereocenters. The zero-order valence-corrected chi connectivity index (χ0v) is 11.7. The topological polar surface area (TPSA) is 76.7 Å². The molecule has 0 unspecified atom stereocenters. The standard InChI is InChI=1S/C14H15FN2O4/c1-3-4-21-12-9(15)5-8(7-11(12)20-2)6-10-13(18)17-14(19)16-10/h5-7H,3-4H2,1-2H3,(H2,16,17,18,19)/b10-6+. The van der Waals surface area contributed by atoms with Crippen molar-refractivity contribution in [2.45, 2.75) is 13.3 Å². The van der Waals surface area contributed by atoms with Crippen molar-refractivity contribution in [3.8, 4) is 11.5 Å². The van der Waals surface area contributed by atoms with Gasteiger partial charge in [0.05, 0.1) is 13.7 Å². The van der Waals surface area contributed by atoms with Crippen LogP contribution in [0.2, 0.25) is 0 Å². The molecule has 0 spiro atoms. The van der Waals surface area contributed by atoms with E-state index in [2.05, 4.69) is 10.6 Å². The van der Waals surface area contributed by atoms with Crippen molar-refractivity contribution in [3.63, 3.8) is 0 Å². The Morgan fingerprint density at radius 1 is 1.29 bits per heavy atom. The van der Waals surface area contributed by atoms with Crippen LogP contribution in [-0.4, -0.2) is 25.7 Å². The molecule has 1 aliphatic rings. The second-order valence-electron chi connectivity index (χ2n) is 4.35. The van der Waals surface area contributed by atoms with E-state index < -0.39 is 17.8 Å². The molecule has 6 nitrogen and oxygen atoms in total. The Balaban J connectivity index is 2.34. The summed E-state index contributed by atoms with van der Waals surface area (Å²) < 4.78 is 24.4. The summed E-state index contributed by atoms with van der Waals surface area (Å²) in [5.41, 5.74) is 0.421. The van der Waals surface area contributed by atoms with E-state index >= 15 is 0 Å². The number of carbonyl (C=O) groups is 2. The molecule has 1 aromatic carbocycles. The lowest BCUT2D eigenvalue weighted by atomic mass is 10.1. The Morgan fingerprint density at radius 2 is 2.05 bits per heavy atom. The SMILES string of the molecule is CCCOc1c(F)cc(/C=C2/NC(=O)NC2=O)cc1OC. The molecule has 0 aromatic heterocycles. The van der Waals surface area contributed by atoms with E-state index in [0.29, 0.717) is 12.2 Å². The first kappa shape index (κ1) is 14.8. The molecule has 1 heterocycles. The summed E-state index contributed by atoms with van der Waals surface area (Å²) in [5, 5.41) is 4.39. The maximum absolute atomic E-state index is 14.0. The zero-order chi connectivity index (χ0) is 15.4. The average molecular weight is 294 g/mol. The predicted molar refractivity (Wildman–Crippen MR) is 73.4 cm³/mol. The molecule has 1 aromatic rings. The highest BCUT2D eigenvalue weighted by atomic mass is 19.1. The highest BCUT2D eigenvalue weighted by molar-refractivity contribution is 6.14. The molecule has 7 heteroatoms. The third-order valence-corrected chi connectivity index (χ3v) is 2.73. The summed E-state index contributed by atoms with van der Waals surface area (Å²) in [7, 11) is 1.40. The lowest BCUT2D eigenvalue weighted by Gasteiger charge is -2.12. The summed E-state index contributed by atoms with van der Waals surface area (Å²) in [6.45, 7) is 2.27. The van der Waals surface area contributed by atoms with Crippen LogP contribution in [0.15, 0.2) is 17.8 Å². The summed E-state index contributed by atoms with van der Waals surface area (Å²) in [6.07, 6.45) is 2.09. The number of nitrogens with one attached hydrogen (secondary N) is 2. The van der Waals surface area contributed by atoms with Gasteiger partial charge < -0.3 is 14.8 Å². The van der Waals surface area contributed by atoms with Crippen molar-refractivity contribution in [2.75, 3.05) is 13.7 Å². The lowest BCUT2D eigenvalue weighted by molar-refractivity contribution is -0.115. The largest absolute Gasteiger partial charge is 0.493 e. The van der Waals surface area contributed by atoms with Gasteiger partial charge in [0.25, 0.3) is 5.91 Å². The van der Waals surface area contributed by atoms with Gasteiger partial charge in [-0.2, -0.15) is 0 Å². The van der Waals surface area contributed by atoms with Gasteiger partial charge in [0.15, 0.2) is 17.3 Å². The Labute approximate surface area is 120 Å². The van der Waals surface area contributed by atoms with Gasteiger partial charge in [0, 0.05) is 0 Å². The van der Waals surface area contributed by atoms with Gasteiger partial charge in [-0.05, 0) is 30.2 Å². The minimum absolute atomic E-state index is 0.0291. The highest BCUT2D eigenvalue weighted by Crippen LogP contribution is 2.32. The molecule has 112 valence electrons. The van der Waals surface area contributed by atoms with Crippen molar-refractivity contribution in [3.05, 3.63) is 29.2 Å². The zero-order valence-electron chi connectivity index (χ0n) is 11.7. The van der Waals surface area contributed by atoms with Crippen molar-refractivity contribution in [2.24, 2.45) is 0 Å². The molecular weight excluding hydrogens is 279 g/mol. The third-order valence-electron chi connectivity index (χ3n) is 2.73. The maximum Gasteiger partial charge on any atom is 0.326 e. The van der Waals surface area contributed by atoms with Gasteiger partial charge in [-0.15, -0.1) is 0 Å². The summed E-state index contributed by atoms with van der Waals surface area (Å²) in [5.74, 6) is -0.911. The smallest absolute Gasteiger partial charge is 0.326 e. The number of benzene rings is 1. The molecule has 1 aliphatic heterocycles. The minimum Gasteiger partial charge on any atom is -0.493 e. The van der Waals surface area contributed by atoms with Crippen molar-refractivity contribution in [1.29, 1.82) is 0 Å². The van der Waals surface area contributed by atoms with Crippen molar-refractivity contribution in [1.82, 2.24) is 10.6 Å². The predicted octanol–water partition coefficient (Wildman–Crippen LogP) is 1.80. The molecule has 0 saturated carbocycles. The molecule has 1 saturated heterocycles. The number of rotatable bonds is 5. The first-order chi connectivity index (χ1) is 10.0. The molecule has 1 fully saturated rings. The average Bonchev–Trinajstić information content (AvgIpc) is 2.75. The second-order valence-corrected chi connectivity index (χ2v) is 4.35. The fourth-order valence-corrected chi connectivity index (χ4v) is 1.82. The Hall–Kier alpha value is -2.57. The van der Waals surface area contributed by atoms with Crippen LogP contribution in [-0.2, 0) is 4.79 Å². The van der Waals surface area contributed by atoms with E-state index in [1.807, 2.05) is 6.92 Å². The quantitative estimate of drug-likeness (QED) is 0.641. The molecule has 0 aliphatic carbocycles. The van der Waals surface area contributed by atoms with E-state index in [1.54, 1.807) is 0 Å². The highest BCUT2D eigenvalue weighted by Gasteiger charge is 2.23. The monoisotopic (exact) mass is 294 g/mol. The fraction of sp³-hybridized carbons (Fsp3) is 0.286. The summed E-state index contributed by atoms with van der Waals surface area (Å²) in [4.78, 5) is 22.4. The number of imide groups is 1. The van der Waals surface area contributed by atoms with Crippen LogP contribution in [0, 0.1) is 5.82 Å². The number of carbonyl (C=O) groups excluding carboxylic acids is 2. The van der Waals surface area contributed by atoms with E-state index in [9.17, 15) is 14.0 Å². The number of urea groups is 1. The maximum atomic E-state index is 14.0. The van der Waals surface area contributed by atoms with E-state index in [0.717, 1.165) is 6.42 Å². The third kappa shape index (κ3) is 3.31. The van der Waals surface area contributed by atoms with Crippen molar-refractivity contribution >= 4 is 18.0 Å². The van der Waals surface area contributed by atoms with Crippen LogP contribution in [0.25, 0.3) is 6.08 Å². The van der Waals surface area contributed by atoms with E-state index in [1.165, 1.54) is 25.3 Å². The number of halogens is 1. The van der Waals surface area contributed by atoms with E-state index in [-0.39, 0.29) is 17.2 Å². The number of hydrogen-bond acceptors (Lipinski definition) is 4. The van der Waals surface area contributed by atoms with Crippen LogP contribution in [0.1, 0.15) is 18.9 Å². The van der Waals surface area contributed by atoms with Crippen LogP contribution in [0.5, 0.6) is 11.5 Å². The number of amides is 3. The van der Waals surface area contributed by atoms with Crippen LogP contribution in [0.4, 0.5) is 9.18 Å². The first-order valence-corrected chi connectivity index (χ1v) is 6.39. The van der Waals surface area contributed by atoms with Crippen LogP contribution in [0.3, 0.4) is 0 Å². The second kappa shape index (κ2) is 6.25. The Kier molecular flexibility index (Phi) is 4.42. The van der Waals surface area contributed by atoms with Gasteiger partial charge in [0.2, 0.25) is 0 Å². The molecular formula is C14H15FN2O4. The number of methoxy groups -OCH3 is 1. The van der Waals surface area contributed by atoms with Gasteiger partial charge in [-0.25, -0.2) is 9.18 Å². The van der Waals surface area contributed by atoms with Gasteiger partial charge in [-0.1, -0.05) is 6.92 Å². The molecule has 21 heavy (non-hydrogen) atoms. The normalized spacial score (nSPS) is 15.9. The number of hydrogen-bond donors (Lipinski definition) is 2. The van der Waals surface area contributed by atoms with Gasteiger partial charge in [0.1, 0.15) is 5.70 Å². The Morgan fingerprint density at radius 3 is 2.62 bits per heavy atom. The van der Waals surface area contributed by atoms with Crippen molar-refractivity contribution < 1.29 is 23.5 Å².